The third-order valence-electron chi connectivity index (χ3n) is 2.43. The van der Waals surface area contributed by atoms with Crippen LogP contribution in [0.15, 0.2) is 30.3 Å². The molecule has 0 radical (unpaired) electrons. The first-order valence-electron chi connectivity index (χ1n) is 5.04. The van der Waals surface area contributed by atoms with E-state index >= 15 is 0 Å². The van der Waals surface area contributed by atoms with E-state index in [0.717, 1.165) is 16.9 Å². The molecule has 1 unspecified atom stereocenters. The number of sulfonamides is 1. The van der Waals surface area contributed by atoms with Gasteiger partial charge in [-0.3, -0.25) is 4.79 Å². The fourth-order valence-electron chi connectivity index (χ4n) is 1.52. The van der Waals surface area contributed by atoms with Crippen LogP contribution in [-0.4, -0.2) is 33.7 Å². The van der Waals surface area contributed by atoms with Crippen molar-refractivity contribution in [2.24, 2.45) is 5.14 Å². The van der Waals surface area contributed by atoms with E-state index in [1.165, 1.54) is 18.2 Å². The van der Waals surface area contributed by atoms with E-state index in [4.69, 9.17) is 0 Å². The number of alkyl halides is 3. The molecule has 1 atom stereocenters. The maximum Gasteiger partial charge on any atom is 0.431 e. The minimum atomic E-state index is -5.80. The summed E-state index contributed by atoms with van der Waals surface area (Å²) in [5.74, 6) is -2.04. The monoisotopic (exact) mass is 346 g/mol. The highest BCUT2D eigenvalue weighted by Gasteiger charge is 2.69. The van der Waals surface area contributed by atoms with Crippen LogP contribution in [0.3, 0.4) is 0 Å². The van der Waals surface area contributed by atoms with Crippen LogP contribution in [0.25, 0.3) is 0 Å². The number of benzene rings is 1. The van der Waals surface area contributed by atoms with Crippen LogP contribution >= 0.6 is 0 Å². The Kier molecular flexibility index (Phi) is 4.77. The van der Waals surface area contributed by atoms with Crippen molar-refractivity contribution in [3.05, 3.63) is 35.9 Å². The van der Waals surface area contributed by atoms with Gasteiger partial charge in [0.15, 0.2) is 0 Å². The molecule has 0 heterocycles. The molecule has 12 heteroatoms. The van der Waals surface area contributed by atoms with Crippen LogP contribution in [0.4, 0.5) is 13.2 Å². The number of hydrogen-bond acceptors (Lipinski definition) is 5. The lowest BCUT2D eigenvalue weighted by Gasteiger charge is -2.30. The molecule has 1 aromatic carbocycles. The van der Waals surface area contributed by atoms with Gasteiger partial charge in [-0.2, -0.15) is 17.9 Å². The maximum atomic E-state index is 13.2. The molecule has 0 saturated heterocycles. The number of nitrogens with two attached hydrogens (primary N) is 1. The van der Waals surface area contributed by atoms with Crippen LogP contribution in [0.5, 0.6) is 0 Å². The van der Waals surface area contributed by atoms with Crippen molar-refractivity contribution >= 4 is 26.7 Å². The Labute approximate surface area is 119 Å². The summed E-state index contributed by atoms with van der Waals surface area (Å²) in [7, 11) is -9.79. The van der Waals surface area contributed by atoms with Crippen LogP contribution in [-0.2, 0) is 20.9 Å². The van der Waals surface area contributed by atoms with Gasteiger partial charge in [0.05, 0.1) is 0 Å². The molecule has 1 rings (SSSR count). The number of rotatable bonds is 5. The van der Waals surface area contributed by atoms with Gasteiger partial charge < -0.3 is 0 Å². The summed E-state index contributed by atoms with van der Waals surface area (Å²) in [6.07, 6.45) is -5.80. The topological polar surface area (TPSA) is 123 Å². The normalized spacial score (nSPS) is 15.7. The number of carbonyl (C=O) groups is 1. The van der Waals surface area contributed by atoms with Crippen molar-refractivity contribution in [1.82, 2.24) is 4.72 Å². The molecule has 0 aliphatic heterocycles. The van der Waals surface area contributed by atoms with Crippen LogP contribution in [0, 0.1) is 0 Å². The third kappa shape index (κ3) is 3.23. The molecule has 3 N–H and O–H groups in total. The van der Waals surface area contributed by atoms with Crippen molar-refractivity contribution in [3.63, 3.8) is 0 Å². The number of primary sulfonamides is 1. The van der Waals surface area contributed by atoms with Gasteiger partial charge in [0.25, 0.3) is 0 Å². The predicted molar refractivity (Wildman–Crippen MR) is 66.1 cm³/mol. The van der Waals surface area contributed by atoms with E-state index < -0.39 is 43.3 Å². The number of ketones is 1. The summed E-state index contributed by atoms with van der Waals surface area (Å²) in [5.41, 5.74) is -0.673. The second-order valence-electron chi connectivity index (χ2n) is 3.79. The molecule has 21 heavy (non-hydrogen) atoms. The number of halogens is 3. The van der Waals surface area contributed by atoms with E-state index in [1.54, 1.807) is 0 Å². The van der Waals surface area contributed by atoms with Gasteiger partial charge in [0.1, 0.15) is 0 Å². The van der Waals surface area contributed by atoms with Crippen molar-refractivity contribution < 1.29 is 34.8 Å². The highest BCUT2D eigenvalue weighted by molar-refractivity contribution is 7.92. The molecular formula is C9H9F3N2O5S2. The summed E-state index contributed by atoms with van der Waals surface area (Å²) >= 11 is 0. The Morgan fingerprint density at radius 1 is 1.14 bits per heavy atom. The van der Waals surface area contributed by atoms with Gasteiger partial charge in [-0.1, -0.05) is 30.3 Å². The standard InChI is InChI=1S/C9H9F3N2O5S2/c10-9(11,12)8(14-20(16)17,21(13,18)19)7(15)6-4-2-1-3-5-6/h1-5,20H,(H2,13,18,19)(H,14,16,17). The summed E-state index contributed by atoms with van der Waals surface area (Å²) in [6, 6.07) is 5.51. The van der Waals surface area contributed by atoms with Gasteiger partial charge in [0.2, 0.25) is 26.7 Å². The number of nitrogens with one attached hydrogen (secondary N) is 1. The first-order chi connectivity index (χ1) is 9.43. The number of carbonyl (C=O) groups excluding carboxylic acids is 1. The Morgan fingerprint density at radius 3 is 1.95 bits per heavy atom. The molecule has 0 spiro atoms. The Morgan fingerprint density at radius 2 is 1.62 bits per heavy atom. The van der Waals surface area contributed by atoms with Gasteiger partial charge >= 0.3 is 11.0 Å². The lowest BCUT2D eigenvalue weighted by molar-refractivity contribution is -0.152. The molecule has 0 fully saturated rings. The first kappa shape index (κ1) is 17.6. The third-order valence-corrected chi connectivity index (χ3v) is 4.47. The first-order valence-corrected chi connectivity index (χ1v) is 7.77. The minimum Gasteiger partial charge on any atom is -0.290 e. The Balaban J connectivity index is 3.70. The number of Topliss-reactive ketones (excluding diaryl/α,β-unsaturated/α-hetero) is 1. The van der Waals surface area contributed by atoms with Gasteiger partial charge in [-0.25, -0.2) is 22.0 Å². The van der Waals surface area contributed by atoms with E-state index in [2.05, 4.69) is 5.14 Å². The maximum absolute atomic E-state index is 13.2. The molecule has 0 saturated carbocycles. The van der Waals surface area contributed by atoms with Crippen molar-refractivity contribution in [1.29, 1.82) is 0 Å². The van der Waals surface area contributed by atoms with Crippen LogP contribution < -0.4 is 9.86 Å². The highest BCUT2D eigenvalue weighted by Crippen LogP contribution is 2.36. The molecule has 0 aliphatic rings. The van der Waals surface area contributed by atoms with Crippen LogP contribution in [0.2, 0.25) is 0 Å². The molecule has 0 bridgehead atoms. The summed E-state index contributed by atoms with van der Waals surface area (Å²) < 4.78 is 84.1. The van der Waals surface area contributed by atoms with E-state index in [0.29, 0.717) is 0 Å². The van der Waals surface area contributed by atoms with Gasteiger partial charge in [-0.15, -0.1) is 0 Å². The van der Waals surface area contributed by atoms with Gasteiger partial charge in [-0.05, 0) is 0 Å². The average molecular weight is 346 g/mol. The largest absolute Gasteiger partial charge is 0.431 e. The fraction of sp³-hybridized carbons (Fsp3) is 0.222. The molecule has 0 aliphatic carbocycles. The molecule has 0 amide bonds. The van der Waals surface area contributed by atoms with Gasteiger partial charge in [0, 0.05) is 5.56 Å². The predicted octanol–water partition coefficient (Wildman–Crippen LogP) is -0.468. The summed E-state index contributed by atoms with van der Waals surface area (Å²) in [6.45, 7) is 0. The number of thiol groups is 1. The lowest BCUT2D eigenvalue weighted by Crippen LogP contribution is -2.68. The van der Waals surface area contributed by atoms with E-state index in [9.17, 15) is 34.8 Å². The Bertz CT molecular complexity index is 707. The summed E-state index contributed by atoms with van der Waals surface area (Å²) in [4.78, 5) is 7.51. The Hall–Kier alpha value is -1.50. The average Bonchev–Trinajstić information content (AvgIpc) is 2.33. The van der Waals surface area contributed by atoms with E-state index in [1.807, 2.05) is 0 Å². The summed E-state index contributed by atoms with van der Waals surface area (Å²) in [5, 5.41) is 4.49. The van der Waals surface area contributed by atoms with Crippen molar-refractivity contribution in [2.45, 2.75) is 11.0 Å². The molecule has 7 nitrogen and oxygen atoms in total. The van der Waals surface area contributed by atoms with E-state index in [-0.39, 0.29) is 0 Å². The SMILES string of the molecule is NS(=O)(=O)C(N[SH](=O)=O)(C(=O)c1ccccc1)C(F)(F)F. The highest BCUT2D eigenvalue weighted by atomic mass is 32.2. The quantitative estimate of drug-likeness (QED) is 0.491. The zero-order chi connectivity index (χ0) is 16.5. The molecule has 0 aromatic heterocycles. The molecule has 118 valence electrons. The fourth-order valence-corrected chi connectivity index (χ4v) is 3.44. The smallest absolute Gasteiger partial charge is 0.290 e. The zero-order valence-corrected chi connectivity index (χ0v) is 11.7. The van der Waals surface area contributed by atoms with Crippen LogP contribution in [0.1, 0.15) is 10.4 Å². The number of hydrogen-bond donors (Lipinski definition) is 3. The lowest BCUT2D eigenvalue weighted by atomic mass is 10.0. The van der Waals surface area contributed by atoms with Crippen molar-refractivity contribution in [2.75, 3.05) is 0 Å². The molecule has 1 aromatic rings. The second-order valence-corrected chi connectivity index (χ2v) is 6.23. The van der Waals surface area contributed by atoms with Crippen molar-refractivity contribution in [3.8, 4) is 0 Å². The second kappa shape index (κ2) is 5.71. The molecular weight excluding hydrogens is 337 g/mol. The minimum absolute atomic E-state index is 0.673. The zero-order valence-electron chi connectivity index (χ0n) is 9.99.